The summed E-state index contributed by atoms with van der Waals surface area (Å²) in [6.45, 7) is 5.42. The molecule has 5 nitrogen and oxygen atoms in total. The molecule has 0 aliphatic carbocycles. The van der Waals surface area contributed by atoms with Crippen LogP contribution >= 0.6 is 0 Å². The number of nitrogens with zero attached hydrogens (tertiary/aromatic N) is 1. The first-order chi connectivity index (χ1) is 11.1. The van der Waals surface area contributed by atoms with E-state index in [9.17, 15) is 9.59 Å². The SMILES string of the molecule is CCCCCN1CC2=C(C1=O)[C@H](c1ccc(C)cc1)NC(=O)N2. The molecule has 0 bridgehead atoms. The van der Waals surface area contributed by atoms with Crippen LogP contribution < -0.4 is 10.6 Å². The molecule has 0 fully saturated rings. The van der Waals surface area contributed by atoms with Gasteiger partial charge in [0.05, 0.1) is 23.9 Å². The standard InChI is InChI=1S/C18H23N3O2/c1-3-4-5-10-21-11-14-15(17(21)22)16(20-18(23)19-14)13-8-6-12(2)7-9-13/h6-9,16H,3-5,10-11H2,1-2H3,(H2,19,20,23)/t16-/m0/s1. The lowest BCUT2D eigenvalue weighted by Crippen LogP contribution is -2.44. The van der Waals surface area contributed by atoms with E-state index >= 15 is 0 Å². The number of carbonyl (C=O) groups is 2. The second-order valence-corrected chi connectivity index (χ2v) is 6.27. The number of amides is 3. The monoisotopic (exact) mass is 313 g/mol. The molecule has 1 aromatic rings. The Morgan fingerprint density at radius 2 is 1.91 bits per heavy atom. The second-order valence-electron chi connectivity index (χ2n) is 6.27. The fourth-order valence-corrected chi connectivity index (χ4v) is 3.17. The minimum Gasteiger partial charge on any atom is -0.333 e. The highest BCUT2D eigenvalue weighted by Crippen LogP contribution is 2.32. The maximum Gasteiger partial charge on any atom is 0.319 e. The Bertz CT molecular complexity index is 649. The summed E-state index contributed by atoms with van der Waals surface area (Å²) >= 11 is 0. The third-order valence-electron chi connectivity index (χ3n) is 4.46. The quantitative estimate of drug-likeness (QED) is 0.821. The normalized spacial score (nSPS) is 20.4. The molecule has 0 saturated heterocycles. The number of hydrogen-bond acceptors (Lipinski definition) is 2. The summed E-state index contributed by atoms with van der Waals surface area (Å²) in [4.78, 5) is 26.6. The van der Waals surface area contributed by atoms with Gasteiger partial charge in [-0.3, -0.25) is 4.79 Å². The zero-order valence-corrected chi connectivity index (χ0v) is 13.7. The number of nitrogens with one attached hydrogen (secondary N) is 2. The van der Waals surface area contributed by atoms with Gasteiger partial charge in [-0.1, -0.05) is 49.6 Å². The predicted molar refractivity (Wildman–Crippen MR) is 88.7 cm³/mol. The maximum absolute atomic E-state index is 12.8. The van der Waals surface area contributed by atoms with Gasteiger partial charge in [0.2, 0.25) is 0 Å². The van der Waals surface area contributed by atoms with Crippen molar-refractivity contribution in [3.05, 3.63) is 46.7 Å². The molecule has 0 unspecified atom stereocenters. The van der Waals surface area contributed by atoms with Gasteiger partial charge in [0, 0.05) is 6.54 Å². The molecule has 2 aliphatic heterocycles. The first kappa shape index (κ1) is 15.6. The van der Waals surface area contributed by atoms with Gasteiger partial charge >= 0.3 is 6.03 Å². The summed E-state index contributed by atoms with van der Waals surface area (Å²) < 4.78 is 0. The summed E-state index contributed by atoms with van der Waals surface area (Å²) in [5.41, 5.74) is 3.54. The van der Waals surface area contributed by atoms with E-state index in [1.165, 1.54) is 0 Å². The van der Waals surface area contributed by atoms with Gasteiger partial charge < -0.3 is 15.5 Å². The minimum absolute atomic E-state index is 0.0363. The molecule has 3 rings (SSSR count). The lowest BCUT2D eigenvalue weighted by molar-refractivity contribution is -0.125. The van der Waals surface area contributed by atoms with E-state index in [1.54, 1.807) is 0 Å². The van der Waals surface area contributed by atoms with E-state index in [2.05, 4.69) is 17.6 Å². The van der Waals surface area contributed by atoms with Gasteiger partial charge in [0.25, 0.3) is 5.91 Å². The number of benzene rings is 1. The van der Waals surface area contributed by atoms with Crippen molar-refractivity contribution in [3.8, 4) is 0 Å². The predicted octanol–water partition coefficient (Wildman–Crippen LogP) is 2.64. The molecule has 5 heteroatoms. The topological polar surface area (TPSA) is 61.4 Å². The van der Waals surface area contributed by atoms with E-state index in [0.29, 0.717) is 12.1 Å². The van der Waals surface area contributed by atoms with Crippen molar-refractivity contribution >= 4 is 11.9 Å². The number of unbranched alkanes of at least 4 members (excludes halogenated alkanes) is 2. The number of urea groups is 1. The van der Waals surface area contributed by atoms with Gasteiger partial charge in [-0.2, -0.15) is 0 Å². The lowest BCUT2D eigenvalue weighted by Gasteiger charge is -2.25. The molecule has 3 amide bonds. The molecule has 2 aliphatic rings. The molecular weight excluding hydrogens is 290 g/mol. The van der Waals surface area contributed by atoms with E-state index in [-0.39, 0.29) is 18.0 Å². The van der Waals surface area contributed by atoms with Crippen molar-refractivity contribution in [2.45, 2.75) is 39.2 Å². The highest BCUT2D eigenvalue weighted by atomic mass is 16.2. The minimum atomic E-state index is -0.358. The average Bonchev–Trinajstić information content (AvgIpc) is 2.84. The number of aryl methyl sites for hydroxylation is 1. The maximum atomic E-state index is 12.8. The first-order valence-electron chi connectivity index (χ1n) is 8.26. The van der Waals surface area contributed by atoms with Gasteiger partial charge in [-0.05, 0) is 18.9 Å². The largest absolute Gasteiger partial charge is 0.333 e. The molecule has 23 heavy (non-hydrogen) atoms. The second kappa shape index (κ2) is 6.44. The van der Waals surface area contributed by atoms with Crippen LogP contribution in [0.1, 0.15) is 43.4 Å². The Hall–Kier alpha value is -2.30. The van der Waals surface area contributed by atoms with E-state index < -0.39 is 0 Å². The third-order valence-corrected chi connectivity index (χ3v) is 4.46. The summed E-state index contributed by atoms with van der Waals surface area (Å²) in [5.74, 6) is 0.0363. The van der Waals surface area contributed by atoms with E-state index in [0.717, 1.165) is 42.6 Å². The molecule has 1 aromatic carbocycles. The molecule has 0 saturated carbocycles. The summed E-state index contributed by atoms with van der Waals surface area (Å²) in [5, 5.41) is 5.69. The zero-order chi connectivity index (χ0) is 16.4. The van der Waals surface area contributed by atoms with Crippen molar-refractivity contribution < 1.29 is 9.59 Å². The Labute approximate surface area is 136 Å². The van der Waals surface area contributed by atoms with Crippen LogP contribution in [0.2, 0.25) is 0 Å². The van der Waals surface area contributed by atoms with E-state index in [4.69, 9.17) is 0 Å². The Kier molecular flexibility index (Phi) is 4.37. The number of carbonyl (C=O) groups excluding carboxylic acids is 2. The number of hydrogen-bond donors (Lipinski definition) is 2. The lowest BCUT2D eigenvalue weighted by atomic mass is 9.95. The molecule has 2 heterocycles. The van der Waals surface area contributed by atoms with Crippen LogP contribution in [0.25, 0.3) is 0 Å². The van der Waals surface area contributed by atoms with E-state index in [1.807, 2.05) is 36.1 Å². The molecule has 2 N–H and O–H groups in total. The van der Waals surface area contributed by atoms with Crippen LogP contribution in [-0.2, 0) is 4.79 Å². The molecule has 1 atom stereocenters. The van der Waals surface area contributed by atoms with Gasteiger partial charge in [0.15, 0.2) is 0 Å². The first-order valence-corrected chi connectivity index (χ1v) is 8.26. The highest BCUT2D eigenvalue weighted by molar-refractivity contribution is 6.01. The van der Waals surface area contributed by atoms with Crippen molar-refractivity contribution in [2.24, 2.45) is 0 Å². The molecule has 0 spiro atoms. The Morgan fingerprint density at radius 3 is 2.61 bits per heavy atom. The summed E-state index contributed by atoms with van der Waals surface area (Å²) in [7, 11) is 0. The molecular formula is C18H23N3O2. The van der Waals surface area contributed by atoms with Crippen molar-refractivity contribution in [3.63, 3.8) is 0 Å². The third kappa shape index (κ3) is 3.09. The average molecular weight is 313 g/mol. The van der Waals surface area contributed by atoms with Crippen molar-refractivity contribution in [2.75, 3.05) is 13.1 Å². The van der Waals surface area contributed by atoms with Crippen LogP contribution in [0.15, 0.2) is 35.5 Å². The van der Waals surface area contributed by atoms with Crippen LogP contribution in [0.4, 0.5) is 4.79 Å². The van der Waals surface area contributed by atoms with Crippen LogP contribution in [0.3, 0.4) is 0 Å². The fraction of sp³-hybridized carbons (Fsp3) is 0.444. The van der Waals surface area contributed by atoms with Crippen LogP contribution in [0, 0.1) is 6.92 Å². The molecule has 0 aromatic heterocycles. The Morgan fingerprint density at radius 1 is 1.17 bits per heavy atom. The van der Waals surface area contributed by atoms with Gasteiger partial charge in [-0.15, -0.1) is 0 Å². The van der Waals surface area contributed by atoms with Gasteiger partial charge in [-0.25, -0.2) is 4.79 Å². The van der Waals surface area contributed by atoms with Crippen molar-refractivity contribution in [1.82, 2.24) is 15.5 Å². The Balaban J connectivity index is 1.84. The van der Waals surface area contributed by atoms with Crippen molar-refractivity contribution in [1.29, 1.82) is 0 Å². The van der Waals surface area contributed by atoms with Crippen LogP contribution in [0.5, 0.6) is 0 Å². The highest BCUT2D eigenvalue weighted by Gasteiger charge is 2.39. The molecule has 0 radical (unpaired) electrons. The molecule has 122 valence electrons. The summed E-state index contributed by atoms with van der Waals surface area (Å²) in [6, 6.07) is 7.36. The summed E-state index contributed by atoms with van der Waals surface area (Å²) in [6.07, 6.45) is 3.24. The number of rotatable bonds is 5. The van der Waals surface area contributed by atoms with Gasteiger partial charge in [0.1, 0.15) is 0 Å². The van der Waals surface area contributed by atoms with Crippen LogP contribution in [-0.4, -0.2) is 29.9 Å². The smallest absolute Gasteiger partial charge is 0.319 e. The fourth-order valence-electron chi connectivity index (χ4n) is 3.17. The zero-order valence-electron chi connectivity index (χ0n) is 13.7.